The summed E-state index contributed by atoms with van der Waals surface area (Å²) in [7, 11) is 1.78. The molecule has 1 amide bonds. The first kappa shape index (κ1) is 13.5. The standard InChI is InChI=1S/C13H20N2O2/c1-10(6-7-14)15(2)13(17)9-11-4-3-5-12(16)8-11/h3-5,8,10,16H,6-7,9,14H2,1-2H3. The molecule has 94 valence electrons. The zero-order chi connectivity index (χ0) is 12.8. The molecule has 0 aliphatic carbocycles. The summed E-state index contributed by atoms with van der Waals surface area (Å²) in [6.45, 7) is 2.55. The normalized spacial score (nSPS) is 12.2. The molecule has 1 unspecified atom stereocenters. The molecule has 1 rings (SSSR count). The van der Waals surface area contributed by atoms with Crippen molar-refractivity contribution in [1.82, 2.24) is 4.90 Å². The third-order valence-corrected chi connectivity index (χ3v) is 2.90. The Bertz CT molecular complexity index is 379. The summed E-state index contributed by atoms with van der Waals surface area (Å²) in [5, 5.41) is 9.32. The van der Waals surface area contributed by atoms with E-state index >= 15 is 0 Å². The second-order valence-electron chi connectivity index (χ2n) is 4.28. The van der Waals surface area contributed by atoms with Crippen molar-refractivity contribution in [2.24, 2.45) is 5.73 Å². The average Bonchev–Trinajstić information content (AvgIpc) is 2.28. The van der Waals surface area contributed by atoms with Crippen LogP contribution in [0, 0.1) is 0 Å². The van der Waals surface area contributed by atoms with Gasteiger partial charge in [0.05, 0.1) is 6.42 Å². The van der Waals surface area contributed by atoms with E-state index in [1.54, 1.807) is 30.1 Å². The number of nitrogens with zero attached hydrogens (tertiary/aromatic N) is 1. The Morgan fingerprint density at radius 3 is 2.82 bits per heavy atom. The van der Waals surface area contributed by atoms with Crippen molar-refractivity contribution in [1.29, 1.82) is 0 Å². The predicted octanol–water partition coefficient (Wildman–Crippen LogP) is 1.13. The Balaban J connectivity index is 2.60. The largest absolute Gasteiger partial charge is 0.508 e. The topological polar surface area (TPSA) is 66.6 Å². The first-order valence-corrected chi connectivity index (χ1v) is 5.78. The van der Waals surface area contributed by atoms with Gasteiger partial charge in [0.1, 0.15) is 5.75 Å². The van der Waals surface area contributed by atoms with E-state index in [0.29, 0.717) is 13.0 Å². The number of phenolic OH excluding ortho intramolecular Hbond substituents is 1. The van der Waals surface area contributed by atoms with Crippen molar-refractivity contribution in [2.75, 3.05) is 13.6 Å². The lowest BCUT2D eigenvalue weighted by Crippen LogP contribution is -2.37. The Morgan fingerprint density at radius 1 is 1.53 bits per heavy atom. The highest BCUT2D eigenvalue weighted by Crippen LogP contribution is 2.12. The number of phenols is 1. The summed E-state index contributed by atoms with van der Waals surface area (Å²) >= 11 is 0. The highest BCUT2D eigenvalue weighted by atomic mass is 16.3. The van der Waals surface area contributed by atoms with Gasteiger partial charge in [-0.25, -0.2) is 0 Å². The smallest absolute Gasteiger partial charge is 0.226 e. The molecule has 0 aromatic heterocycles. The molecule has 0 aliphatic rings. The van der Waals surface area contributed by atoms with E-state index in [4.69, 9.17) is 5.73 Å². The van der Waals surface area contributed by atoms with E-state index in [0.717, 1.165) is 12.0 Å². The summed E-state index contributed by atoms with van der Waals surface area (Å²) in [5.41, 5.74) is 6.29. The zero-order valence-corrected chi connectivity index (χ0v) is 10.4. The lowest BCUT2D eigenvalue weighted by atomic mass is 10.1. The maximum atomic E-state index is 11.9. The van der Waals surface area contributed by atoms with Crippen molar-refractivity contribution >= 4 is 5.91 Å². The van der Waals surface area contributed by atoms with E-state index in [-0.39, 0.29) is 17.7 Å². The van der Waals surface area contributed by atoms with Gasteiger partial charge in [-0.15, -0.1) is 0 Å². The quantitative estimate of drug-likeness (QED) is 0.805. The minimum Gasteiger partial charge on any atom is -0.508 e. The van der Waals surface area contributed by atoms with Crippen LogP contribution in [0.1, 0.15) is 18.9 Å². The molecule has 17 heavy (non-hydrogen) atoms. The van der Waals surface area contributed by atoms with E-state index in [1.807, 2.05) is 13.0 Å². The molecule has 0 bridgehead atoms. The Hall–Kier alpha value is -1.55. The zero-order valence-electron chi connectivity index (χ0n) is 10.4. The highest BCUT2D eigenvalue weighted by molar-refractivity contribution is 5.78. The van der Waals surface area contributed by atoms with Crippen LogP contribution in [-0.2, 0) is 11.2 Å². The maximum Gasteiger partial charge on any atom is 0.226 e. The predicted molar refractivity (Wildman–Crippen MR) is 67.7 cm³/mol. The first-order valence-electron chi connectivity index (χ1n) is 5.78. The number of rotatable bonds is 5. The summed E-state index contributed by atoms with van der Waals surface area (Å²) < 4.78 is 0. The number of carbonyl (C=O) groups is 1. The van der Waals surface area contributed by atoms with Crippen molar-refractivity contribution in [2.45, 2.75) is 25.8 Å². The number of carbonyl (C=O) groups excluding carboxylic acids is 1. The van der Waals surface area contributed by atoms with Gasteiger partial charge in [-0.2, -0.15) is 0 Å². The van der Waals surface area contributed by atoms with E-state index < -0.39 is 0 Å². The molecule has 3 N–H and O–H groups in total. The SMILES string of the molecule is CC(CCN)N(C)C(=O)Cc1cccc(O)c1. The molecule has 4 heteroatoms. The minimum atomic E-state index is 0.0385. The fraction of sp³-hybridized carbons (Fsp3) is 0.462. The van der Waals surface area contributed by atoms with Crippen LogP contribution in [0.4, 0.5) is 0 Å². The van der Waals surface area contributed by atoms with Gasteiger partial charge in [-0.1, -0.05) is 12.1 Å². The van der Waals surface area contributed by atoms with E-state index in [1.165, 1.54) is 0 Å². The van der Waals surface area contributed by atoms with Gasteiger partial charge in [-0.3, -0.25) is 4.79 Å². The second-order valence-corrected chi connectivity index (χ2v) is 4.28. The van der Waals surface area contributed by atoms with Crippen LogP contribution >= 0.6 is 0 Å². The molecule has 0 heterocycles. The molecule has 0 radical (unpaired) electrons. The van der Waals surface area contributed by atoms with Crippen LogP contribution in [0.15, 0.2) is 24.3 Å². The lowest BCUT2D eigenvalue weighted by molar-refractivity contribution is -0.131. The van der Waals surface area contributed by atoms with Crippen molar-refractivity contribution in [3.63, 3.8) is 0 Å². The van der Waals surface area contributed by atoms with Gasteiger partial charge < -0.3 is 15.7 Å². The third-order valence-electron chi connectivity index (χ3n) is 2.90. The van der Waals surface area contributed by atoms with Crippen LogP contribution in [0.2, 0.25) is 0 Å². The lowest BCUT2D eigenvalue weighted by Gasteiger charge is -2.24. The number of hydrogen-bond donors (Lipinski definition) is 2. The molecule has 1 aromatic rings. The van der Waals surface area contributed by atoms with Crippen LogP contribution in [0.3, 0.4) is 0 Å². The van der Waals surface area contributed by atoms with Gasteiger partial charge in [0.2, 0.25) is 5.91 Å². The summed E-state index contributed by atoms with van der Waals surface area (Å²) in [6.07, 6.45) is 1.10. The second kappa shape index (κ2) is 6.25. The first-order chi connectivity index (χ1) is 8.04. The molecular formula is C13H20N2O2. The van der Waals surface area contributed by atoms with Crippen LogP contribution < -0.4 is 5.73 Å². The average molecular weight is 236 g/mol. The number of amides is 1. The van der Waals surface area contributed by atoms with Crippen molar-refractivity contribution in [3.05, 3.63) is 29.8 Å². The molecule has 0 fully saturated rings. The molecular weight excluding hydrogens is 216 g/mol. The number of nitrogens with two attached hydrogens (primary N) is 1. The van der Waals surface area contributed by atoms with E-state index in [2.05, 4.69) is 0 Å². The molecule has 0 saturated heterocycles. The fourth-order valence-corrected chi connectivity index (χ4v) is 1.65. The molecule has 0 saturated carbocycles. The summed E-state index contributed by atoms with van der Waals surface area (Å²) in [5.74, 6) is 0.226. The number of hydrogen-bond acceptors (Lipinski definition) is 3. The number of benzene rings is 1. The third kappa shape index (κ3) is 4.07. The number of aromatic hydroxyl groups is 1. The Kier molecular flexibility index (Phi) is 4.97. The highest BCUT2D eigenvalue weighted by Gasteiger charge is 2.15. The molecule has 4 nitrogen and oxygen atoms in total. The van der Waals surface area contributed by atoms with Crippen molar-refractivity contribution in [3.8, 4) is 5.75 Å². The summed E-state index contributed by atoms with van der Waals surface area (Å²) in [4.78, 5) is 13.6. The van der Waals surface area contributed by atoms with Gasteiger partial charge in [0.15, 0.2) is 0 Å². The molecule has 1 atom stereocenters. The van der Waals surface area contributed by atoms with E-state index in [9.17, 15) is 9.90 Å². The molecule has 1 aromatic carbocycles. The Labute approximate surface area is 102 Å². The minimum absolute atomic E-state index is 0.0385. The Morgan fingerprint density at radius 2 is 2.24 bits per heavy atom. The fourth-order valence-electron chi connectivity index (χ4n) is 1.65. The number of likely N-dealkylation sites (N-methyl/N-ethyl adjacent to an activating group) is 1. The van der Waals surface area contributed by atoms with Gasteiger partial charge >= 0.3 is 0 Å². The monoisotopic (exact) mass is 236 g/mol. The maximum absolute atomic E-state index is 11.9. The van der Waals surface area contributed by atoms with Crippen LogP contribution in [0.5, 0.6) is 5.75 Å². The molecule has 0 aliphatic heterocycles. The van der Waals surface area contributed by atoms with Crippen LogP contribution in [0.25, 0.3) is 0 Å². The summed E-state index contributed by atoms with van der Waals surface area (Å²) in [6, 6.07) is 6.92. The van der Waals surface area contributed by atoms with Crippen molar-refractivity contribution < 1.29 is 9.90 Å². The van der Waals surface area contributed by atoms with Gasteiger partial charge in [0.25, 0.3) is 0 Å². The molecule has 0 spiro atoms. The van der Waals surface area contributed by atoms with Gasteiger partial charge in [-0.05, 0) is 37.6 Å². The van der Waals surface area contributed by atoms with Gasteiger partial charge in [0, 0.05) is 13.1 Å². The van der Waals surface area contributed by atoms with Crippen LogP contribution in [-0.4, -0.2) is 35.5 Å².